The van der Waals surface area contributed by atoms with Gasteiger partial charge in [0.1, 0.15) is 0 Å². The van der Waals surface area contributed by atoms with E-state index in [1.807, 2.05) is 13.2 Å². The Bertz CT molecular complexity index is 139. The van der Waals surface area contributed by atoms with Crippen molar-refractivity contribution in [2.45, 2.75) is 6.92 Å². The van der Waals surface area contributed by atoms with Gasteiger partial charge in [0.15, 0.2) is 0 Å². The average Bonchev–Trinajstić information content (AvgIpc) is 1.87. The van der Waals surface area contributed by atoms with E-state index in [-0.39, 0.29) is 11.0 Å². The summed E-state index contributed by atoms with van der Waals surface area (Å²) >= 11 is 0. The molecule has 1 aliphatic heterocycles. The minimum absolute atomic E-state index is 0.226. The van der Waals surface area contributed by atoms with Crippen LogP contribution in [0, 0.1) is 6.26 Å². The van der Waals surface area contributed by atoms with Crippen LogP contribution in [0.2, 0.25) is 0 Å². The summed E-state index contributed by atoms with van der Waals surface area (Å²) in [7, 11) is -0.226. The van der Waals surface area contributed by atoms with E-state index in [9.17, 15) is 0 Å². The first-order chi connectivity index (χ1) is 3.29. The van der Waals surface area contributed by atoms with Crippen molar-refractivity contribution in [2.24, 2.45) is 4.36 Å². The van der Waals surface area contributed by atoms with Crippen LogP contribution in [0.4, 0.5) is 0 Å². The Hall–Kier alpha value is -0.310. The van der Waals surface area contributed by atoms with Crippen molar-refractivity contribution < 1.29 is 4.18 Å². The van der Waals surface area contributed by atoms with E-state index in [4.69, 9.17) is 4.18 Å². The van der Waals surface area contributed by atoms with Gasteiger partial charge in [-0.2, -0.15) is 4.36 Å². The zero-order valence-corrected chi connectivity index (χ0v) is 5.08. The van der Waals surface area contributed by atoms with Crippen LogP contribution in [0.15, 0.2) is 10.1 Å². The minimum Gasteiger partial charge on any atom is -0.411 e. The second kappa shape index (κ2) is 1.66. The fourth-order valence-corrected chi connectivity index (χ4v) is 1.05. The van der Waals surface area contributed by atoms with Crippen LogP contribution >= 0.6 is 0 Å². The number of nitrogens with zero attached hydrogens (tertiary/aromatic N) is 1. The molecule has 0 saturated carbocycles. The molecular weight excluding hydrogens is 110 g/mol. The van der Waals surface area contributed by atoms with Crippen molar-refractivity contribution in [2.75, 3.05) is 6.26 Å². The molecule has 1 aliphatic rings. The lowest BCUT2D eigenvalue weighted by Crippen LogP contribution is -1.77. The van der Waals surface area contributed by atoms with Crippen LogP contribution in [-0.4, -0.2) is 6.26 Å². The fourth-order valence-electron chi connectivity index (χ4n) is 0.351. The van der Waals surface area contributed by atoms with Gasteiger partial charge < -0.3 is 4.18 Å². The molecule has 39 valence electrons. The molecule has 2 nitrogen and oxygen atoms in total. The van der Waals surface area contributed by atoms with Crippen LogP contribution in [0.3, 0.4) is 0 Å². The van der Waals surface area contributed by atoms with E-state index in [1.165, 1.54) is 0 Å². The highest BCUT2D eigenvalue weighted by molar-refractivity contribution is 7.82. The summed E-state index contributed by atoms with van der Waals surface area (Å²) in [4.78, 5) is 0. The van der Waals surface area contributed by atoms with Crippen LogP contribution in [0.1, 0.15) is 6.92 Å². The maximum absolute atomic E-state index is 4.84. The molecular formula is C4H6NOS. The van der Waals surface area contributed by atoms with Crippen LogP contribution in [-0.2, 0) is 15.2 Å². The van der Waals surface area contributed by atoms with Crippen molar-refractivity contribution >= 4 is 11.0 Å². The average molecular weight is 116 g/mol. The standard InChI is InChI=1S/C4H6NOS/c1-4-3-6-7(2)5-4/h1-2H3. The molecule has 0 aliphatic carbocycles. The SMILES string of the molecule is CC1=[C]OS(C)=N1. The molecule has 1 rings (SSSR count). The van der Waals surface area contributed by atoms with Gasteiger partial charge >= 0.3 is 0 Å². The summed E-state index contributed by atoms with van der Waals surface area (Å²) in [6, 6.07) is 0. The molecule has 0 aromatic carbocycles. The van der Waals surface area contributed by atoms with Gasteiger partial charge in [-0.1, -0.05) is 0 Å². The molecule has 1 heterocycles. The molecule has 0 spiro atoms. The Morgan fingerprint density at radius 1 is 1.86 bits per heavy atom. The molecule has 0 fully saturated rings. The van der Waals surface area contributed by atoms with E-state index in [2.05, 4.69) is 10.6 Å². The summed E-state index contributed by atoms with van der Waals surface area (Å²) in [6.07, 6.45) is 4.54. The van der Waals surface area contributed by atoms with Crippen molar-refractivity contribution in [3.63, 3.8) is 0 Å². The lowest BCUT2D eigenvalue weighted by molar-refractivity contribution is 0.530. The topological polar surface area (TPSA) is 21.6 Å². The predicted octanol–water partition coefficient (Wildman–Crippen LogP) is 1.03. The maximum Gasteiger partial charge on any atom is 0.205 e. The summed E-state index contributed by atoms with van der Waals surface area (Å²) < 4.78 is 8.84. The summed E-state index contributed by atoms with van der Waals surface area (Å²) in [6.45, 7) is 1.87. The van der Waals surface area contributed by atoms with Crippen molar-refractivity contribution in [1.82, 2.24) is 0 Å². The van der Waals surface area contributed by atoms with E-state index < -0.39 is 0 Å². The third kappa shape index (κ3) is 1.03. The van der Waals surface area contributed by atoms with Gasteiger partial charge in [0, 0.05) is 6.26 Å². The Labute approximate surface area is 45.5 Å². The van der Waals surface area contributed by atoms with Gasteiger partial charge in [-0.3, -0.25) is 0 Å². The quantitative estimate of drug-likeness (QED) is 0.463. The van der Waals surface area contributed by atoms with Gasteiger partial charge in [-0.25, -0.2) is 0 Å². The van der Waals surface area contributed by atoms with Gasteiger partial charge in [0.25, 0.3) is 0 Å². The zero-order chi connectivity index (χ0) is 5.28. The first-order valence-corrected chi connectivity index (χ1v) is 3.45. The maximum atomic E-state index is 4.84. The van der Waals surface area contributed by atoms with E-state index >= 15 is 0 Å². The largest absolute Gasteiger partial charge is 0.411 e. The first kappa shape index (κ1) is 4.84. The molecule has 0 bridgehead atoms. The Kier molecular flexibility index (Phi) is 1.15. The van der Waals surface area contributed by atoms with Gasteiger partial charge in [-0.05, 0) is 6.92 Å². The van der Waals surface area contributed by atoms with Crippen LogP contribution < -0.4 is 0 Å². The monoisotopic (exact) mass is 116 g/mol. The number of rotatable bonds is 0. The second-order valence-electron chi connectivity index (χ2n) is 1.29. The highest BCUT2D eigenvalue weighted by Gasteiger charge is 1.97. The second-order valence-corrected chi connectivity index (χ2v) is 2.48. The summed E-state index contributed by atoms with van der Waals surface area (Å²) in [5.41, 5.74) is 0.867. The lowest BCUT2D eigenvalue weighted by Gasteiger charge is -1.83. The Morgan fingerprint density at radius 3 is 2.71 bits per heavy atom. The molecule has 3 heteroatoms. The normalized spacial score (nSPS) is 28.3. The Balaban J connectivity index is 2.69. The molecule has 0 aromatic rings. The van der Waals surface area contributed by atoms with Gasteiger partial charge in [0.05, 0.1) is 16.7 Å². The van der Waals surface area contributed by atoms with E-state index in [0.29, 0.717) is 0 Å². The third-order valence-corrected chi connectivity index (χ3v) is 1.43. The summed E-state index contributed by atoms with van der Waals surface area (Å²) in [5.74, 6) is 0. The smallest absolute Gasteiger partial charge is 0.205 e. The van der Waals surface area contributed by atoms with Crippen molar-refractivity contribution in [1.29, 1.82) is 0 Å². The molecule has 7 heavy (non-hydrogen) atoms. The molecule has 1 unspecified atom stereocenters. The predicted molar refractivity (Wildman–Crippen MR) is 29.2 cm³/mol. The lowest BCUT2D eigenvalue weighted by atomic mass is 10.6. The highest BCUT2D eigenvalue weighted by Crippen LogP contribution is 2.05. The van der Waals surface area contributed by atoms with Gasteiger partial charge in [-0.15, -0.1) is 0 Å². The van der Waals surface area contributed by atoms with Crippen molar-refractivity contribution in [3.05, 3.63) is 12.0 Å². The minimum atomic E-state index is -0.226. The third-order valence-electron chi connectivity index (χ3n) is 0.575. The fraction of sp³-hybridized carbons (Fsp3) is 0.500. The molecule has 0 N–H and O–H groups in total. The number of hydrogen-bond donors (Lipinski definition) is 0. The van der Waals surface area contributed by atoms with Crippen LogP contribution in [0.25, 0.3) is 0 Å². The first-order valence-electron chi connectivity index (χ1n) is 1.94. The van der Waals surface area contributed by atoms with E-state index in [0.717, 1.165) is 5.70 Å². The number of hydrogen-bond acceptors (Lipinski definition) is 2. The Morgan fingerprint density at radius 2 is 2.57 bits per heavy atom. The van der Waals surface area contributed by atoms with Crippen LogP contribution in [0.5, 0.6) is 0 Å². The molecule has 0 aromatic heterocycles. The molecule has 1 atom stereocenters. The highest BCUT2D eigenvalue weighted by atomic mass is 32.2. The molecule has 1 radical (unpaired) electrons. The number of allylic oxidation sites excluding steroid dienone is 1. The molecule has 0 saturated heterocycles. The van der Waals surface area contributed by atoms with Crippen molar-refractivity contribution in [3.8, 4) is 0 Å². The zero-order valence-electron chi connectivity index (χ0n) is 4.26. The molecule has 0 amide bonds. The van der Waals surface area contributed by atoms with Gasteiger partial charge in [0.2, 0.25) is 6.26 Å². The summed E-state index contributed by atoms with van der Waals surface area (Å²) in [5, 5.41) is 0. The van der Waals surface area contributed by atoms with E-state index in [1.54, 1.807) is 0 Å².